The molecule has 0 bridgehead atoms. The fourth-order valence-electron chi connectivity index (χ4n) is 1.87. The molecule has 0 fully saturated rings. The van der Waals surface area contributed by atoms with Crippen LogP contribution in [0.15, 0.2) is 53.6 Å². The predicted molar refractivity (Wildman–Crippen MR) is 91.2 cm³/mol. The van der Waals surface area contributed by atoms with Crippen LogP contribution in [-0.2, 0) is 9.59 Å². The third-order valence-corrected chi connectivity index (χ3v) is 3.19. The predicted octanol–water partition coefficient (Wildman–Crippen LogP) is 3.00. The van der Waals surface area contributed by atoms with Crippen molar-refractivity contribution in [1.82, 2.24) is 5.43 Å². The summed E-state index contributed by atoms with van der Waals surface area (Å²) in [5, 5.41) is 6.48. The number of carbonyl (C=O) groups excluding carboxylic acids is 2. The highest BCUT2D eigenvalue weighted by Gasteiger charge is 2.06. The normalized spacial score (nSPS) is 10.6. The summed E-state index contributed by atoms with van der Waals surface area (Å²) in [6, 6.07) is 13.1. The molecule has 0 aliphatic carbocycles. The zero-order chi connectivity index (χ0) is 17.4. The van der Waals surface area contributed by atoms with E-state index in [1.54, 1.807) is 24.3 Å². The van der Waals surface area contributed by atoms with Gasteiger partial charge in [0.2, 0.25) is 11.8 Å². The van der Waals surface area contributed by atoms with E-state index in [0.29, 0.717) is 11.3 Å². The molecular weight excluding hydrogens is 309 g/mol. The van der Waals surface area contributed by atoms with Crippen LogP contribution in [0.4, 0.5) is 10.1 Å². The third-order valence-electron chi connectivity index (χ3n) is 3.19. The Hall–Kier alpha value is -3.02. The van der Waals surface area contributed by atoms with Gasteiger partial charge in [-0.3, -0.25) is 9.59 Å². The lowest BCUT2D eigenvalue weighted by molar-refractivity contribution is -0.124. The van der Waals surface area contributed by atoms with Crippen molar-refractivity contribution >= 4 is 23.7 Å². The van der Waals surface area contributed by atoms with E-state index in [9.17, 15) is 14.0 Å². The van der Waals surface area contributed by atoms with Gasteiger partial charge in [0.25, 0.3) is 0 Å². The fourth-order valence-corrected chi connectivity index (χ4v) is 1.87. The summed E-state index contributed by atoms with van der Waals surface area (Å²) in [6.45, 7) is 1.96. The van der Waals surface area contributed by atoms with Crippen molar-refractivity contribution in [3.05, 3.63) is 65.5 Å². The van der Waals surface area contributed by atoms with E-state index >= 15 is 0 Å². The molecule has 0 saturated heterocycles. The van der Waals surface area contributed by atoms with E-state index in [1.807, 2.05) is 19.1 Å². The first kappa shape index (κ1) is 17.3. The minimum atomic E-state index is -0.368. The highest BCUT2D eigenvalue weighted by molar-refractivity contribution is 5.93. The Bertz CT molecular complexity index is 725. The molecule has 0 atom stereocenters. The van der Waals surface area contributed by atoms with Gasteiger partial charge in [-0.25, -0.2) is 9.82 Å². The second-order valence-corrected chi connectivity index (χ2v) is 5.26. The van der Waals surface area contributed by atoms with E-state index in [4.69, 9.17) is 0 Å². The molecule has 0 aromatic heterocycles. The van der Waals surface area contributed by atoms with Gasteiger partial charge in [-0.05, 0) is 36.8 Å². The summed E-state index contributed by atoms with van der Waals surface area (Å²) in [7, 11) is 0. The number of hydrazone groups is 1. The molecular formula is C18H18FN3O2. The van der Waals surface area contributed by atoms with Crippen molar-refractivity contribution < 1.29 is 14.0 Å². The average molecular weight is 327 g/mol. The Morgan fingerprint density at radius 1 is 1.00 bits per heavy atom. The van der Waals surface area contributed by atoms with Gasteiger partial charge in [0.1, 0.15) is 5.82 Å². The van der Waals surface area contributed by atoms with Gasteiger partial charge in [-0.2, -0.15) is 5.10 Å². The maximum absolute atomic E-state index is 12.7. The quantitative estimate of drug-likeness (QED) is 0.632. The van der Waals surface area contributed by atoms with Crippen molar-refractivity contribution in [2.24, 2.45) is 5.10 Å². The second-order valence-electron chi connectivity index (χ2n) is 5.26. The lowest BCUT2D eigenvalue weighted by atomic mass is 10.2. The standard InChI is InChI=1S/C18H18FN3O2/c1-13-2-8-16(9-3-13)21-17(23)10-11-18(24)22-20-12-14-4-6-15(19)7-5-14/h2-9,12H,10-11H2,1H3,(H,21,23)(H,22,24)/b20-12+. The maximum Gasteiger partial charge on any atom is 0.240 e. The molecule has 5 nitrogen and oxygen atoms in total. The maximum atomic E-state index is 12.7. The summed E-state index contributed by atoms with van der Waals surface area (Å²) in [4.78, 5) is 23.4. The Morgan fingerprint density at radius 2 is 1.62 bits per heavy atom. The van der Waals surface area contributed by atoms with Gasteiger partial charge >= 0.3 is 0 Å². The highest BCUT2D eigenvalue weighted by atomic mass is 19.1. The van der Waals surface area contributed by atoms with Gasteiger partial charge in [0, 0.05) is 18.5 Å². The van der Waals surface area contributed by atoms with Crippen LogP contribution < -0.4 is 10.7 Å². The van der Waals surface area contributed by atoms with E-state index in [-0.39, 0.29) is 30.5 Å². The SMILES string of the molecule is Cc1ccc(NC(=O)CCC(=O)N/N=C/c2ccc(F)cc2)cc1. The first-order valence-electron chi connectivity index (χ1n) is 7.47. The molecule has 0 heterocycles. The number of aryl methyl sites for hydroxylation is 1. The van der Waals surface area contributed by atoms with Crippen molar-refractivity contribution in [3.8, 4) is 0 Å². The van der Waals surface area contributed by atoms with Crippen molar-refractivity contribution in [2.75, 3.05) is 5.32 Å². The molecule has 2 aromatic carbocycles. The topological polar surface area (TPSA) is 70.6 Å². The molecule has 2 amide bonds. The molecule has 0 radical (unpaired) electrons. The van der Waals surface area contributed by atoms with Crippen molar-refractivity contribution in [2.45, 2.75) is 19.8 Å². The summed E-state index contributed by atoms with van der Waals surface area (Å²) in [6.07, 6.45) is 1.49. The average Bonchev–Trinajstić information content (AvgIpc) is 2.57. The van der Waals surface area contributed by atoms with Crippen LogP contribution in [0.25, 0.3) is 0 Å². The van der Waals surface area contributed by atoms with Crippen molar-refractivity contribution in [1.29, 1.82) is 0 Å². The number of halogens is 1. The van der Waals surface area contributed by atoms with Gasteiger partial charge < -0.3 is 5.32 Å². The van der Waals surface area contributed by atoms with E-state index < -0.39 is 0 Å². The number of amides is 2. The summed E-state index contributed by atoms with van der Waals surface area (Å²) >= 11 is 0. The molecule has 2 aromatic rings. The zero-order valence-electron chi connectivity index (χ0n) is 13.3. The molecule has 2 rings (SSSR count). The number of rotatable bonds is 6. The third kappa shape index (κ3) is 6.00. The number of hydrogen-bond acceptors (Lipinski definition) is 3. The lowest BCUT2D eigenvalue weighted by Gasteiger charge is -2.05. The minimum Gasteiger partial charge on any atom is -0.326 e. The van der Waals surface area contributed by atoms with E-state index in [0.717, 1.165) is 5.56 Å². The molecule has 0 saturated carbocycles. The number of nitrogens with one attached hydrogen (secondary N) is 2. The van der Waals surface area contributed by atoms with Crippen LogP contribution >= 0.6 is 0 Å². The summed E-state index contributed by atoms with van der Waals surface area (Å²) in [5.74, 6) is -0.945. The molecule has 124 valence electrons. The monoisotopic (exact) mass is 327 g/mol. The minimum absolute atomic E-state index is 0.0262. The number of hydrogen-bond donors (Lipinski definition) is 2. The van der Waals surface area contributed by atoms with Gasteiger partial charge in [-0.1, -0.05) is 29.8 Å². The lowest BCUT2D eigenvalue weighted by Crippen LogP contribution is -2.20. The molecule has 0 aliphatic heterocycles. The fraction of sp³-hybridized carbons (Fsp3) is 0.167. The Balaban J connectivity index is 1.71. The van der Waals surface area contributed by atoms with Gasteiger partial charge in [-0.15, -0.1) is 0 Å². The largest absolute Gasteiger partial charge is 0.326 e. The smallest absolute Gasteiger partial charge is 0.240 e. The summed E-state index contributed by atoms with van der Waals surface area (Å²) in [5.41, 5.74) is 4.79. The van der Waals surface area contributed by atoms with Crippen LogP contribution in [0.2, 0.25) is 0 Å². The summed E-state index contributed by atoms with van der Waals surface area (Å²) < 4.78 is 12.7. The number of benzene rings is 2. The number of nitrogens with zero attached hydrogens (tertiary/aromatic N) is 1. The second kappa shape index (κ2) is 8.57. The Morgan fingerprint density at radius 3 is 2.29 bits per heavy atom. The van der Waals surface area contributed by atoms with Crippen molar-refractivity contribution in [3.63, 3.8) is 0 Å². The van der Waals surface area contributed by atoms with Gasteiger partial charge in [0.15, 0.2) is 0 Å². The Labute approximate surface area is 139 Å². The van der Waals surface area contributed by atoms with Crippen LogP contribution in [0.1, 0.15) is 24.0 Å². The first-order valence-corrected chi connectivity index (χ1v) is 7.47. The molecule has 0 spiro atoms. The molecule has 2 N–H and O–H groups in total. The molecule has 6 heteroatoms. The van der Waals surface area contributed by atoms with Crippen LogP contribution in [0.5, 0.6) is 0 Å². The van der Waals surface area contributed by atoms with Gasteiger partial charge in [0.05, 0.1) is 6.21 Å². The first-order chi connectivity index (χ1) is 11.5. The number of carbonyl (C=O) groups is 2. The molecule has 0 unspecified atom stereocenters. The molecule has 24 heavy (non-hydrogen) atoms. The van der Waals surface area contributed by atoms with Crippen LogP contribution in [0.3, 0.4) is 0 Å². The molecule has 0 aliphatic rings. The number of anilines is 1. The van der Waals surface area contributed by atoms with Crippen LogP contribution in [0, 0.1) is 12.7 Å². The Kier molecular flexibility index (Phi) is 6.19. The zero-order valence-corrected chi connectivity index (χ0v) is 13.3. The van der Waals surface area contributed by atoms with E-state index in [1.165, 1.54) is 18.3 Å². The highest BCUT2D eigenvalue weighted by Crippen LogP contribution is 2.09. The van der Waals surface area contributed by atoms with E-state index in [2.05, 4.69) is 15.8 Å². The van der Waals surface area contributed by atoms with Crippen LogP contribution in [-0.4, -0.2) is 18.0 Å².